The number of nitrogens with zero attached hydrogens (tertiary/aromatic N) is 2. The molecule has 1 aliphatic heterocycles. The molecule has 0 aromatic carbocycles. The van der Waals surface area contributed by atoms with Crippen molar-refractivity contribution in [3.8, 4) is 0 Å². The maximum Gasteiger partial charge on any atom is 0.230 e. The summed E-state index contributed by atoms with van der Waals surface area (Å²) in [6.45, 7) is 9.77. The van der Waals surface area contributed by atoms with E-state index in [2.05, 4.69) is 29.1 Å². The van der Waals surface area contributed by atoms with Gasteiger partial charge in [-0.05, 0) is 38.7 Å². The second kappa shape index (κ2) is 8.64. The summed E-state index contributed by atoms with van der Waals surface area (Å²) >= 11 is 1.39. The summed E-state index contributed by atoms with van der Waals surface area (Å²) in [7, 11) is 0. The molecule has 128 valence electrons. The van der Waals surface area contributed by atoms with Crippen LogP contribution < -0.4 is 5.32 Å². The van der Waals surface area contributed by atoms with Crippen LogP contribution in [0.4, 0.5) is 0 Å². The van der Waals surface area contributed by atoms with Crippen LogP contribution in [-0.4, -0.2) is 40.9 Å². The van der Waals surface area contributed by atoms with Gasteiger partial charge in [-0.25, -0.2) is 9.97 Å². The molecular formula is C17H27N3O2S. The van der Waals surface area contributed by atoms with Gasteiger partial charge in [-0.2, -0.15) is 0 Å². The van der Waals surface area contributed by atoms with Gasteiger partial charge in [0.1, 0.15) is 0 Å². The maximum absolute atomic E-state index is 12.1. The third kappa shape index (κ3) is 5.77. The third-order valence-corrected chi connectivity index (χ3v) is 4.85. The topological polar surface area (TPSA) is 64.1 Å². The fourth-order valence-corrected chi connectivity index (χ4v) is 3.78. The van der Waals surface area contributed by atoms with E-state index in [1.807, 2.05) is 19.9 Å². The van der Waals surface area contributed by atoms with Crippen LogP contribution >= 0.6 is 11.8 Å². The van der Waals surface area contributed by atoms with E-state index in [1.165, 1.54) is 11.8 Å². The van der Waals surface area contributed by atoms with E-state index >= 15 is 0 Å². The largest absolute Gasteiger partial charge is 0.378 e. The van der Waals surface area contributed by atoms with E-state index in [0.717, 1.165) is 30.8 Å². The molecule has 2 atom stereocenters. The van der Waals surface area contributed by atoms with Crippen molar-refractivity contribution in [1.82, 2.24) is 15.3 Å². The van der Waals surface area contributed by atoms with Gasteiger partial charge in [0, 0.05) is 30.5 Å². The molecule has 1 aromatic heterocycles. The molecule has 1 saturated heterocycles. The Morgan fingerprint density at radius 1 is 1.39 bits per heavy atom. The number of hydrogen-bond acceptors (Lipinski definition) is 5. The highest BCUT2D eigenvalue weighted by molar-refractivity contribution is 7.99. The van der Waals surface area contributed by atoms with Gasteiger partial charge < -0.3 is 10.1 Å². The zero-order valence-electron chi connectivity index (χ0n) is 14.5. The predicted octanol–water partition coefficient (Wildman–Crippen LogP) is 2.75. The number of hydrogen-bond donors (Lipinski definition) is 1. The maximum atomic E-state index is 12.1. The highest BCUT2D eigenvalue weighted by Gasteiger charge is 2.28. The summed E-state index contributed by atoms with van der Waals surface area (Å²) in [5.41, 5.74) is 1.86. The average molecular weight is 337 g/mol. The van der Waals surface area contributed by atoms with Crippen LogP contribution in [0.1, 0.15) is 38.1 Å². The predicted molar refractivity (Wildman–Crippen MR) is 92.5 cm³/mol. The molecule has 2 unspecified atom stereocenters. The summed E-state index contributed by atoms with van der Waals surface area (Å²) in [4.78, 5) is 20.8. The Kier molecular flexibility index (Phi) is 6.84. The SMILES string of the molecule is Cc1cc(C)nc(SCC(=O)NCC2CCCOC2C(C)C)n1. The van der Waals surface area contributed by atoms with Gasteiger partial charge in [0.15, 0.2) is 5.16 Å². The lowest BCUT2D eigenvalue weighted by atomic mass is 9.87. The lowest BCUT2D eigenvalue weighted by Gasteiger charge is -2.34. The van der Waals surface area contributed by atoms with Crippen molar-refractivity contribution in [3.05, 3.63) is 17.5 Å². The number of carbonyl (C=O) groups excluding carboxylic acids is 1. The van der Waals surface area contributed by atoms with Crippen LogP contribution in [-0.2, 0) is 9.53 Å². The van der Waals surface area contributed by atoms with Crippen molar-refractivity contribution in [3.63, 3.8) is 0 Å². The number of rotatable bonds is 6. The fraction of sp³-hybridized carbons (Fsp3) is 0.706. The van der Waals surface area contributed by atoms with Crippen molar-refractivity contribution in [2.45, 2.75) is 51.8 Å². The number of aryl methyl sites for hydroxylation is 2. The molecule has 0 spiro atoms. The third-order valence-electron chi connectivity index (χ3n) is 4.01. The summed E-state index contributed by atoms with van der Waals surface area (Å²) < 4.78 is 5.86. The van der Waals surface area contributed by atoms with Crippen LogP contribution in [0.5, 0.6) is 0 Å². The first kappa shape index (κ1) is 18.2. The summed E-state index contributed by atoms with van der Waals surface area (Å²) in [5.74, 6) is 1.28. The number of thioether (sulfide) groups is 1. The highest BCUT2D eigenvalue weighted by Crippen LogP contribution is 2.25. The molecular weight excluding hydrogens is 310 g/mol. The van der Waals surface area contributed by atoms with Gasteiger partial charge >= 0.3 is 0 Å². The number of amides is 1. The van der Waals surface area contributed by atoms with E-state index < -0.39 is 0 Å². The Labute approximate surface area is 143 Å². The molecule has 6 heteroatoms. The molecule has 1 N–H and O–H groups in total. The van der Waals surface area contributed by atoms with Crippen LogP contribution in [0.3, 0.4) is 0 Å². The molecule has 23 heavy (non-hydrogen) atoms. The zero-order chi connectivity index (χ0) is 16.8. The summed E-state index contributed by atoms with van der Waals surface area (Å²) in [6.07, 6.45) is 2.45. The normalized spacial score (nSPS) is 21.4. The Hall–Kier alpha value is -1.14. The fourth-order valence-electron chi connectivity index (χ4n) is 3.00. The van der Waals surface area contributed by atoms with E-state index in [0.29, 0.717) is 29.3 Å². The molecule has 1 amide bonds. The van der Waals surface area contributed by atoms with Gasteiger partial charge in [-0.15, -0.1) is 0 Å². The van der Waals surface area contributed by atoms with Crippen molar-refractivity contribution in [1.29, 1.82) is 0 Å². The zero-order valence-corrected chi connectivity index (χ0v) is 15.3. The van der Waals surface area contributed by atoms with Crippen LogP contribution in [0, 0.1) is 25.7 Å². The van der Waals surface area contributed by atoms with Crippen molar-refractivity contribution < 1.29 is 9.53 Å². The highest BCUT2D eigenvalue weighted by atomic mass is 32.2. The Bertz CT molecular complexity index is 516. The molecule has 0 aliphatic carbocycles. The van der Waals surface area contributed by atoms with Crippen molar-refractivity contribution in [2.75, 3.05) is 18.9 Å². The second-order valence-electron chi connectivity index (χ2n) is 6.51. The van der Waals surface area contributed by atoms with Gasteiger partial charge in [-0.1, -0.05) is 25.6 Å². The Morgan fingerprint density at radius 3 is 2.74 bits per heavy atom. The molecule has 0 radical (unpaired) electrons. The quantitative estimate of drug-likeness (QED) is 0.639. The molecule has 5 nitrogen and oxygen atoms in total. The molecule has 1 fully saturated rings. The second-order valence-corrected chi connectivity index (χ2v) is 7.45. The van der Waals surface area contributed by atoms with Crippen LogP contribution in [0.15, 0.2) is 11.2 Å². The molecule has 1 aliphatic rings. The molecule has 0 bridgehead atoms. The minimum absolute atomic E-state index is 0.0332. The molecule has 2 heterocycles. The van der Waals surface area contributed by atoms with E-state index in [9.17, 15) is 4.79 Å². The molecule has 0 saturated carbocycles. The van der Waals surface area contributed by atoms with E-state index in [-0.39, 0.29) is 12.0 Å². The first-order chi connectivity index (χ1) is 11.0. The van der Waals surface area contributed by atoms with Crippen LogP contribution in [0.2, 0.25) is 0 Å². The van der Waals surface area contributed by atoms with Gasteiger partial charge in [-0.3, -0.25) is 4.79 Å². The minimum Gasteiger partial charge on any atom is -0.378 e. The number of aromatic nitrogens is 2. The molecule has 2 rings (SSSR count). The first-order valence-corrected chi connectivity index (χ1v) is 9.27. The van der Waals surface area contributed by atoms with Gasteiger partial charge in [0.25, 0.3) is 0 Å². The standard InChI is InChI=1S/C17H27N3O2S/c1-11(2)16-14(6-5-7-22-16)9-18-15(21)10-23-17-19-12(3)8-13(4)20-17/h8,11,14,16H,5-7,9-10H2,1-4H3,(H,18,21). The minimum atomic E-state index is 0.0332. The number of nitrogens with one attached hydrogen (secondary N) is 1. The van der Waals surface area contributed by atoms with Crippen molar-refractivity contribution >= 4 is 17.7 Å². The monoisotopic (exact) mass is 337 g/mol. The number of ether oxygens (including phenoxy) is 1. The summed E-state index contributed by atoms with van der Waals surface area (Å²) in [5, 5.41) is 3.71. The van der Waals surface area contributed by atoms with Crippen LogP contribution in [0.25, 0.3) is 0 Å². The first-order valence-electron chi connectivity index (χ1n) is 8.29. The lowest BCUT2D eigenvalue weighted by molar-refractivity contribution is -0.119. The smallest absolute Gasteiger partial charge is 0.230 e. The van der Waals surface area contributed by atoms with E-state index in [4.69, 9.17) is 4.74 Å². The Balaban J connectivity index is 1.78. The lowest BCUT2D eigenvalue weighted by Crippen LogP contribution is -2.41. The number of carbonyl (C=O) groups is 1. The summed E-state index contributed by atoms with van der Waals surface area (Å²) in [6, 6.07) is 1.93. The Morgan fingerprint density at radius 2 is 2.09 bits per heavy atom. The average Bonchev–Trinajstić information content (AvgIpc) is 2.50. The van der Waals surface area contributed by atoms with Crippen molar-refractivity contribution in [2.24, 2.45) is 11.8 Å². The van der Waals surface area contributed by atoms with Gasteiger partial charge in [0.2, 0.25) is 5.91 Å². The molecule has 1 aromatic rings. The van der Waals surface area contributed by atoms with E-state index in [1.54, 1.807) is 0 Å². The van der Waals surface area contributed by atoms with Gasteiger partial charge in [0.05, 0.1) is 11.9 Å².